The largest absolute Gasteiger partial charge is 0.384 e. The molecule has 0 aliphatic heterocycles. The van der Waals surface area contributed by atoms with Gasteiger partial charge in [0.05, 0.1) is 5.69 Å². The van der Waals surface area contributed by atoms with Gasteiger partial charge in [0.2, 0.25) is 0 Å². The highest BCUT2D eigenvalue weighted by molar-refractivity contribution is 5.42. The fourth-order valence-electron chi connectivity index (χ4n) is 3.36. The zero-order valence-electron chi connectivity index (χ0n) is 10.9. The molecule has 0 spiro atoms. The zero-order chi connectivity index (χ0) is 12.0. The molecule has 2 N–H and O–H groups in total. The molecule has 0 amide bonds. The fraction of sp³-hybridized carbons (Fsp3) is 0.786. The Kier molecular flexibility index (Phi) is 2.64. The van der Waals surface area contributed by atoms with Gasteiger partial charge in [-0.05, 0) is 38.5 Å². The van der Waals surface area contributed by atoms with Gasteiger partial charge in [-0.25, -0.2) is 4.98 Å². The van der Waals surface area contributed by atoms with Crippen LogP contribution in [0.3, 0.4) is 0 Å². The van der Waals surface area contributed by atoms with E-state index in [1.807, 2.05) is 0 Å². The summed E-state index contributed by atoms with van der Waals surface area (Å²) in [5.41, 5.74) is 7.52. The molecule has 3 nitrogen and oxygen atoms in total. The Morgan fingerprint density at radius 1 is 1.24 bits per heavy atom. The molecule has 94 valence electrons. The highest BCUT2D eigenvalue weighted by atomic mass is 15.2. The van der Waals surface area contributed by atoms with E-state index in [0.717, 1.165) is 17.6 Å². The summed E-state index contributed by atoms with van der Waals surface area (Å²) in [5.74, 6) is 3.53. The summed E-state index contributed by atoms with van der Waals surface area (Å²) in [5, 5.41) is 0. The number of anilines is 1. The maximum Gasteiger partial charge on any atom is 0.127 e. The summed E-state index contributed by atoms with van der Waals surface area (Å²) in [7, 11) is 0. The predicted octanol–water partition coefficient (Wildman–Crippen LogP) is 3.40. The van der Waals surface area contributed by atoms with Crippen LogP contribution in [0.25, 0.3) is 0 Å². The molecule has 1 heterocycles. The average Bonchev–Trinajstić information content (AvgIpc) is 3.06. The minimum atomic E-state index is 0.609. The summed E-state index contributed by atoms with van der Waals surface area (Å²) in [4.78, 5) is 4.77. The topological polar surface area (TPSA) is 43.8 Å². The first-order valence-corrected chi connectivity index (χ1v) is 7.01. The van der Waals surface area contributed by atoms with Crippen molar-refractivity contribution in [2.45, 2.75) is 64.3 Å². The van der Waals surface area contributed by atoms with E-state index in [4.69, 9.17) is 10.7 Å². The zero-order valence-corrected chi connectivity index (χ0v) is 10.9. The molecule has 3 heteroatoms. The van der Waals surface area contributed by atoms with E-state index in [2.05, 4.69) is 18.4 Å². The van der Waals surface area contributed by atoms with Gasteiger partial charge < -0.3 is 10.3 Å². The van der Waals surface area contributed by atoms with E-state index in [1.54, 1.807) is 0 Å². The van der Waals surface area contributed by atoms with E-state index in [1.165, 1.54) is 44.2 Å². The van der Waals surface area contributed by atoms with Crippen LogP contribution in [0.1, 0.15) is 68.9 Å². The maximum absolute atomic E-state index is 6.32. The monoisotopic (exact) mass is 233 g/mol. The van der Waals surface area contributed by atoms with Crippen LogP contribution in [0, 0.1) is 12.8 Å². The molecule has 2 fully saturated rings. The summed E-state index contributed by atoms with van der Waals surface area (Å²) in [6.45, 7) is 4.46. The molecular weight excluding hydrogens is 210 g/mol. The predicted molar refractivity (Wildman–Crippen MR) is 70.0 cm³/mol. The minimum absolute atomic E-state index is 0.609. The van der Waals surface area contributed by atoms with Crippen molar-refractivity contribution in [3.8, 4) is 0 Å². The number of rotatable bonds is 2. The Hall–Kier alpha value is -0.990. The summed E-state index contributed by atoms with van der Waals surface area (Å²) in [6, 6.07) is 0.650. The highest BCUT2D eigenvalue weighted by Crippen LogP contribution is 2.43. The van der Waals surface area contributed by atoms with Crippen LogP contribution < -0.4 is 5.73 Å². The first-order chi connectivity index (χ1) is 8.16. The Bertz CT molecular complexity index is 417. The van der Waals surface area contributed by atoms with E-state index >= 15 is 0 Å². The lowest BCUT2D eigenvalue weighted by Gasteiger charge is -2.25. The van der Waals surface area contributed by atoms with Gasteiger partial charge in [0, 0.05) is 12.0 Å². The van der Waals surface area contributed by atoms with Crippen molar-refractivity contribution in [1.29, 1.82) is 0 Å². The van der Waals surface area contributed by atoms with Crippen molar-refractivity contribution < 1.29 is 0 Å². The van der Waals surface area contributed by atoms with Crippen LogP contribution in [0.4, 0.5) is 5.82 Å². The lowest BCUT2D eigenvalue weighted by molar-refractivity contribution is 0.341. The Labute approximate surface area is 103 Å². The molecule has 2 atom stereocenters. The van der Waals surface area contributed by atoms with Gasteiger partial charge in [0.15, 0.2) is 0 Å². The normalized spacial score (nSPS) is 29.5. The second-order valence-corrected chi connectivity index (χ2v) is 6.00. The number of imidazole rings is 1. The highest BCUT2D eigenvalue weighted by Gasteiger charge is 2.31. The van der Waals surface area contributed by atoms with E-state index in [9.17, 15) is 0 Å². The van der Waals surface area contributed by atoms with Crippen molar-refractivity contribution in [3.63, 3.8) is 0 Å². The van der Waals surface area contributed by atoms with Crippen LogP contribution in [-0.4, -0.2) is 9.55 Å². The average molecular weight is 233 g/mol. The van der Waals surface area contributed by atoms with Gasteiger partial charge in [-0.3, -0.25) is 0 Å². The van der Waals surface area contributed by atoms with Crippen molar-refractivity contribution in [3.05, 3.63) is 11.5 Å². The van der Waals surface area contributed by atoms with Crippen LogP contribution in [0.2, 0.25) is 0 Å². The third-order valence-corrected chi connectivity index (χ3v) is 4.39. The van der Waals surface area contributed by atoms with Gasteiger partial charge in [-0.15, -0.1) is 0 Å². The van der Waals surface area contributed by atoms with E-state index in [0.29, 0.717) is 12.0 Å². The van der Waals surface area contributed by atoms with E-state index in [-0.39, 0.29) is 0 Å². The number of nitrogen functional groups attached to an aromatic ring is 1. The second-order valence-electron chi connectivity index (χ2n) is 6.00. The first-order valence-electron chi connectivity index (χ1n) is 7.01. The summed E-state index contributed by atoms with van der Waals surface area (Å²) >= 11 is 0. The molecule has 1 aromatic heterocycles. The van der Waals surface area contributed by atoms with Crippen LogP contribution in [0.15, 0.2) is 0 Å². The van der Waals surface area contributed by atoms with Crippen LogP contribution >= 0.6 is 0 Å². The number of aromatic nitrogens is 2. The minimum Gasteiger partial charge on any atom is -0.384 e. The Morgan fingerprint density at radius 2 is 2.00 bits per heavy atom. The number of nitrogens with zero attached hydrogens (tertiary/aromatic N) is 2. The Balaban J connectivity index is 1.89. The maximum atomic E-state index is 6.32. The number of hydrogen-bond donors (Lipinski definition) is 1. The molecule has 0 radical (unpaired) electrons. The molecule has 0 bridgehead atoms. The molecule has 0 saturated heterocycles. The Morgan fingerprint density at radius 3 is 2.65 bits per heavy atom. The van der Waals surface area contributed by atoms with Crippen LogP contribution in [-0.2, 0) is 0 Å². The van der Waals surface area contributed by atoms with E-state index < -0.39 is 0 Å². The second kappa shape index (κ2) is 4.04. The molecule has 3 rings (SSSR count). The van der Waals surface area contributed by atoms with Gasteiger partial charge in [0.25, 0.3) is 0 Å². The van der Waals surface area contributed by atoms with Gasteiger partial charge in [-0.2, -0.15) is 0 Å². The smallest absolute Gasteiger partial charge is 0.127 e. The van der Waals surface area contributed by atoms with Crippen molar-refractivity contribution in [2.75, 3.05) is 5.73 Å². The SMILES string of the molecule is Cc1nc(C2CCCC(C)C2)c(N)n1C1CC1. The molecule has 2 aliphatic carbocycles. The standard InChI is InChI=1S/C14H23N3/c1-9-4-3-5-11(8-9)13-14(15)17(10(2)16-13)12-6-7-12/h9,11-12H,3-8,15H2,1-2H3. The van der Waals surface area contributed by atoms with Gasteiger partial charge in [-0.1, -0.05) is 19.8 Å². The van der Waals surface area contributed by atoms with Crippen LogP contribution in [0.5, 0.6) is 0 Å². The van der Waals surface area contributed by atoms with Crippen molar-refractivity contribution in [2.24, 2.45) is 5.92 Å². The third kappa shape index (κ3) is 1.96. The summed E-state index contributed by atoms with van der Waals surface area (Å²) < 4.78 is 2.27. The fourth-order valence-corrected chi connectivity index (χ4v) is 3.36. The quantitative estimate of drug-likeness (QED) is 0.850. The summed E-state index contributed by atoms with van der Waals surface area (Å²) in [6.07, 6.45) is 7.81. The number of nitrogens with two attached hydrogens (primary N) is 1. The molecule has 1 aromatic rings. The molecular formula is C14H23N3. The van der Waals surface area contributed by atoms with Gasteiger partial charge in [0.1, 0.15) is 11.6 Å². The first kappa shape index (κ1) is 11.1. The molecule has 17 heavy (non-hydrogen) atoms. The lowest BCUT2D eigenvalue weighted by Crippen LogP contribution is -2.14. The van der Waals surface area contributed by atoms with Crippen molar-refractivity contribution in [1.82, 2.24) is 9.55 Å². The van der Waals surface area contributed by atoms with Gasteiger partial charge >= 0.3 is 0 Å². The third-order valence-electron chi connectivity index (χ3n) is 4.39. The number of hydrogen-bond acceptors (Lipinski definition) is 2. The molecule has 2 saturated carbocycles. The molecule has 2 unspecified atom stereocenters. The lowest BCUT2D eigenvalue weighted by atomic mass is 9.81. The number of aryl methyl sites for hydroxylation is 1. The van der Waals surface area contributed by atoms with Crippen molar-refractivity contribution >= 4 is 5.82 Å². The molecule has 2 aliphatic rings. The molecule has 0 aromatic carbocycles.